The molecule has 0 saturated carbocycles. The molecule has 3 amide bonds. The Morgan fingerprint density at radius 3 is 1.60 bits per heavy atom. The summed E-state index contributed by atoms with van der Waals surface area (Å²) in [6.07, 6.45) is -8.63. The number of benzene rings is 3. The molecule has 24 nitrogen and oxygen atoms in total. The van der Waals surface area contributed by atoms with Crippen molar-refractivity contribution in [3.63, 3.8) is 0 Å². The minimum atomic E-state index is -2.28. The Bertz CT molecular complexity index is 2110. The van der Waals surface area contributed by atoms with E-state index in [-0.39, 0.29) is 5.56 Å². The third-order valence-corrected chi connectivity index (χ3v) is 8.83. The van der Waals surface area contributed by atoms with Crippen molar-refractivity contribution in [1.82, 2.24) is 16.0 Å². The lowest BCUT2D eigenvalue weighted by molar-refractivity contribution is -0.308. The van der Waals surface area contributed by atoms with E-state index >= 15 is 0 Å². The molecule has 0 spiro atoms. The number of para-hydroxylation sites is 2. The van der Waals surface area contributed by atoms with E-state index in [4.69, 9.17) is 14.2 Å². The van der Waals surface area contributed by atoms with Crippen LogP contribution >= 0.6 is 0 Å². The summed E-state index contributed by atoms with van der Waals surface area (Å²) in [5.74, 6) is -14.5. The van der Waals surface area contributed by atoms with E-state index in [1.54, 1.807) is 0 Å². The largest absolute Gasteiger partial charge is 0.548 e. The van der Waals surface area contributed by atoms with Gasteiger partial charge in [0.1, 0.15) is 49.8 Å². The Morgan fingerprint density at radius 2 is 1.08 bits per heavy atom. The molecule has 1 fully saturated rings. The van der Waals surface area contributed by atoms with Crippen LogP contribution in [-0.2, 0) is 28.6 Å². The van der Waals surface area contributed by atoms with Crippen molar-refractivity contribution < 1.29 is 104 Å². The zero-order valence-corrected chi connectivity index (χ0v) is 30.6. The molecule has 0 aliphatic carbocycles. The van der Waals surface area contributed by atoms with Gasteiger partial charge in [0.25, 0.3) is 17.7 Å². The second-order valence-electron chi connectivity index (χ2n) is 12.9. The molecular formula is C36H38N3O21-. The highest BCUT2D eigenvalue weighted by Gasteiger charge is 2.44. The number of nitrogens with one attached hydrogen (secondary N) is 3. The van der Waals surface area contributed by atoms with Gasteiger partial charge >= 0.3 is 11.9 Å². The van der Waals surface area contributed by atoms with Gasteiger partial charge in [-0.2, -0.15) is 0 Å². The van der Waals surface area contributed by atoms with Crippen LogP contribution in [0.25, 0.3) is 0 Å². The average Bonchev–Trinajstić information content (AvgIpc) is 3.21. The normalized spacial score (nSPS) is 20.1. The highest BCUT2D eigenvalue weighted by atomic mass is 16.6. The SMILES string of the molecule is O=C(N[C@@H](COC(=O)[C@H](COC(=O)[C@H](CO)NC(=O)c1cccc(O)c1O)NC(=O)c1cccc(O)c1O)C(=O)[O-])c1cc([C@@H]2O[C@H](CO)[C@@H](O)[C@H](O)[C@H]2O)cc(O)c1O. The maximum atomic E-state index is 13.3. The number of aliphatic hydroxyl groups excluding tert-OH is 5. The number of ether oxygens (including phenoxy) is 3. The fourth-order valence-electron chi connectivity index (χ4n) is 5.54. The molecule has 1 aliphatic rings. The van der Waals surface area contributed by atoms with Crippen LogP contribution in [0.15, 0.2) is 48.5 Å². The summed E-state index contributed by atoms with van der Waals surface area (Å²) >= 11 is 0. The predicted molar refractivity (Wildman–Crippen MR) is 190 cm³/mol. The zero-order chi connectivity index (χ0) is 44.6. The molecule has 60 heavy (non-hydrogen) atoms. The number of rotatable bonds is 16. The quantitative estimate of drug-likeness (QED) is 0.0474. The van der Waals surface area contributed by atoms with E-state index in [2.05, 4.69) is 0 Å². The van der Waals surface area contributed by atoms with E-state index in [0.29, 0.717) is 0 Å². The van der Waals surface area contributed by atoms with Gasteiger partial charge in [0.05, 0.1) is 35.9 Å². The maximum Gasteiger partial charge on any atom is 0.332 e. The summed E-state index contributed by atoms with van der Waals surface area (Å²) in [4.78, 5) is 77.1. The first-order chi connectivity index (χ1) is 28.3. The lowest BCUT2D eigenvalue weighted by Gasteiger charge is -2.40. The lowest BCUT2D eigenvalue weighted by atomic mass is 9.90. The highest BCUT2D eigenvalue weighted by molar-refractivity contribution is 6.01. The summed E-state index contributed by atoms with van der Waals surface area (Å²) in [6, 6.07) is 1.70. The molecule has 4 rings (SSSR count). The number of esters is 2. The lowest BCUT2D eigenvalue weighted by Crippen LogP contribution is -2.55. The monoisotopic (exact) mass is 848 g/mol. The fourth-order valence-corrected chi connectivity index (χ4v) is 5.54. The second-order valence-corrected chi connectivity index (χ2v) is 12.9. The molecule has 1 saturated heterocycles. The second kappa shape index (κ2) is 19.7. The molecule has 0 bridgehead atoms. The van der Waals surface area contributed by atoms with Gasteiger partial charge in [-0.1, -0.05) is 12.1 Å². The summed E-state index contributed by atoms with van der Waals surface area (Å²) in [6.45, 7) is -4.47. The summed E-state index contributed by atoms with van der Waals surface area (Å²) in [5, 5.41) is 128. The Labute approximate surface area is 336 Å². The van der Waals surface area contributed by atoms with E-state index in [9.17, 15) is 90.0 Å². The van der Waals surface area contributed by atoms with Crippen molar-refractivity contribution >= 4 is 35.6 Å². The van der Waals surface area contributed by atoms with Gasteiger partial charge in [-0.05, 0) is 42.0 Å². The van der Waals surface area contributed by atoms with Crippen molar-refractivity contribution in [3.8, 4) is 34.5 Å². The molecule has 1 heterocycles. The molecule has 14 N–H and O–H groups in total. The van der Waals surface area contributed by atoms with Crippen LogP contribution in [0.1, 0.15) is 42.7 Å². The number of hydrogen-bond donors (Lipinski definition) is 14. The fraction of sp³-hybridized carbons (Fsp3) is 0.333. The third-order valence-electron chi connectivity index (χ3n) is 8.83. The molecule has 324 valence electrons. The van der Waals surface area contributed by atoms with Crippen LogP contribution in [0.2, 0.25) is 0 Å². The van der Waals surface area contributed by atoms with Gasteiger partial charge in [0.15, 0.2) is 46.6 Å². The molecule has 3 aromatic carbocycles. The Hall–Kier alpha value is -6.96. The van der Waals surface area contributed by atoms with Crippen LogP contribution in [0.4, 0.5) is 0 Å². The van der Waals surface area contributed by atoms with Crippen LogP contribution in [0, 0.1) is 0 Å². The molecular weight excluding hydrogens is 810 g/mol. The van der Waals surface area contributed by atoms with E-state index in [0.717, 1.165) is 42.5 Å². The highest BCUT2D eigenvalue weighted by Crippen LogP contribution is 2.38. The standard InChI is InChI=1S/C36H39N3O21/c40-9-17(37-31(51)14-3-1-5-20(42)24(14)45)35(56)59-12-19(39-32(52)15-4-2-6-21(43)25(15)46)36(57)58-11-18(34(54)55)38-33(53)16-7-13(8-22(44)26(16)47)30-29(50)28(49)27(48)23(10-41)60-30/h1-8,17-19,23,27-30,40-50H,9-12H2,(H,37,51)(H,38,53)(H,39,52)(H,54,55)/p-1/t17-,18-,19-,23+,27+,28-,29+,30-/m0/s1. The Balaban J connectivity index is 1.52. The van der Waals surface area contributed by atoms with Crippen molar-refractivity contribution in [2.75, 3.05) is 26.4 Å². The van der Waals surface area contributed by atoms with Crippen LogP contribution < -0.4 is 21.1 Å². The number of carbonyl (C=O) groups excluding carboxylic acids is 6. The minimum Gasteiger partial charge on any atom is -0.548 e. The van der Waals surface area contributed by atoms with Crippen molar-refractivity contribution in [2.45, 2.75) is 48.6 Å². The molecule has 0 aromatic heterocycles. The van der Waals surface area contributed by atoms with Crippen molar-refractivity contribution in [1.29, 1.82) is 0 Å². The number of aromatic hydroxyl groups is 6. The van der Waals surface area contributed by atoms with Gasteiger partial charge in [0.2, 0.25) is 0 Å². The number of aliphatic hydroxyl groups is 5. The van der Waals surface area contributed by atoms with Gasteiger partial charge in [-0.3, -0.25) is 14.4 Å². The number of amides is 3. The number of phenols is 6. The Kier molecular flexibility index (Phi) is 15.0. The number of hydrogen-bond acceptors (Lipinski definition) is 21. The van der Waals surface area contributed by atoms with Crippen LogP contribution in [-0.4, -0.2) is 161 Å². The summed E-state index contributed by atoms with van der Waals surface area (Å²) in [5.41, 5.74) is -2.33. The number of phenolic OH excluding ortho intramolecular Hbond substituents is 6. The predicted octanol–water partition coefficient (Wildman–Crippen LogP) is -5.04. The molecule has 24 heteroatoms. The average molecular weight is 849 g/mol. The molecule has 8 atom stereocenters. The first-order valence-corrected chi connectivity index (χ1v) is 17.3. The summed E-state index contributed by atoms with van der Waals surface area (Å²) in [7, 11) is 0. The van der Waals surface area contributed by atoms with Gasteiger partial charge < -0.3 is 96.2 Å². The first kappa shape index (κ1) is 45.7. The zero-order valence-electron chi connectivity index (χ0n) is 30.6. The topological polar surface area (TPSA) is 412 Å². The van der Waals surface area contributed by atoms with Crippen molar-refractivity contribution in [2.24, 2.45) is 0 Å². The first-order valence-electron chi connectivity index (χ1n) is 17.3. The van der Waals surface area contributed by atoms with Gasteiger partial charge in [-0.15, -0.1) is 0 Å². The van der Waals surface area contributed by atoms with Crippen molar-refractivity contribution in [3.05, 3.63) is 70.8 Å². The summed E-state index contributed by atoms with van der Waals surface area (Å²) < 4.78 is 15.3. The number of carboxylic acids is 1. The van der Waals surface area contributed by atoms with E-state index in [1.807, 2.05) is 16.0 Å². The number of carboxylic acid groups (broad SMARTS) is 1. The Morgan fingerprint density at radius 1 is 0.617 bits per heavy atom. The maximum absolute atomic E-state index is 13.3. The molecule has 3 aromatic rings. The minimum absolute atomic E-state index is 0.310. The smallest absolute Gasteiger partial charge is 0.332 e. The number of aliphatic carboxylic acids is 1. The van der Waals surface area contributed by atoms with Gasteiger partial charge in [0, 0.05) is 0 Å². The van der Waals surface area contributed by atoms with E-state index < -0.39 is 162 Å². The molecule has 1 aliphatic heterocycles. The van der Waals surface area contributed by atoms with Crippen LogP contribution in [0.3, 0.4) is 0 Å². The third kappa shape index (κ3) is 10.4. The van der Waals surface area contributed by atoms with E-state index in [1.165, 1.54) is 6.07 Å². The molecule has 0 unspecified atom stereocenters. The number of carbonyl (C=O) groups is 6. The molecule has 0 radical (unpaired) electrons. The van der Waals surface area contributed by atoms with Crippen LogP contribution in [0.5, 0.6) is 34.5 Å². The van der Waals surface area contributed by atoms with Gasteiger partial charge in [-0.25, -0.2) is 9.59 Å².